The molecular formula is C16H28N4O. The lowest BCUT2D eigenvalue weighted by molar-refractivity contribution is 0.0267. The zero-order chi connectivity index (χ0) is 14.8. The van der Waals surface area contributed by atoms with E-state index in [1.54, 1.807) is 0 Å². The summed E-state index contributed by atoms with van der Waals surface area (Å²) in [6.07, 6.45) is 8.95. The topological polar surface area (TPSA) is 56.3 Å². The van der Waals surface area contributed by atoms with Gasteiger partial charge in [-0.2, -0.15) is 0 Å². The van der Waals surface area contributed by atoms with Gasteiger partial charge in [-0.15, -0.1) is 0 Å². The van der Waals surface area contributed by atoms with Gasteiger partial charge in [0.05, 0.1) is 18.4 Å². The molecule has 3 rings (SSSR count). The number of anilines is 1. The number of aryl methyl sites for hydroxylation is 1. The molecule has 1 aliphatic heterocycles. The Labute approximate surface area is 127 Å². The Morgan fingerprint density at radius 2 is 2.10 bits per heavy atom. The van der Waals surface area contributed by atoms with Gasteiger partial charge in [-0.05, 0) is 26.7 Å². The van der Waals surface area contributed by atoms with Gasteiger partial charge in [0.2, 0.25) is 5.95 Å². The molecule has 5 heteroatoms. The second kappa shape index (κ2) is 6.36. The Bertz CT molecular complexity index is 465. The molecule has 5 nitrogen and oxygen atoms in total. The average Bonchev–Trinajstić information content (AvgIpc) is 2.90. The van der Waals surface area contributed by atoms with Crippen LogP contribution >= 0.6 is 0 Å². The smallest absolute Gasteiger partial charge is 0.206 e. The Kier molecular flexibility index (Phi) is 4.50. The van der Waals surface area contributed by atoms with Crippen molar-refractivity contribution in [2.45, 2.75) is 64.1 Å². The molecule has 2 heterocycles. The van der Waals surface area contributed by atoms with Crippen LogP contribution in [0.4, 0.5) is 5.95 Å². The summed E-state index contributed by atoms with van der Waals surface area (Å²) in [5, 5.41) is 0. The fourth-order valence-electron chi connectivity index (χ4n) is 3.54. The third-order valence-corrected chi connectivity index (χ3v) is 4.76. The minimum atomic E-state index is 0.0620. The molecule has 21 heavy (non-hydrogen) atoms. The highest BCUT2D eigenvalue weighted by Gasteiger charge is 2.28. The van der Waals surface area contributed by atoms with Crippen molar-refractivity contribution in [2.24, 2.45) is 5.73 Å². The molecule has 1 saturated heterocycles. The highest BCUT2D eigenvalue weighted by atomic mass is 16.5. The van der Waals surface area contributed by atoms with Crippen LogP contribution in [0.25, 0.3) is 0 Å². The van der Waals surface area contributed by atoms with Crippen molar-refractivity contribution < 1.29 is 4.74 Å². The fourth-order valence-corrected chi connectivity index (χ4v) is 3.54. The van der Waals surface area contributed by atoms with Gasteiger partial charge < -0.3 is 19.9 Å². The number of morpholine rings is 1. The zero-order valence-electron chi connectivity index (χ0n) is 13.3. The standard InChI is InChI=1S/C16H28N4O/c1-12-10-20(14-6-4-3-5-7-14)16(18-12)19-8-9-21-15(11-19)13(2)17/h10,13-15H,3-9,11,17H2,1-2H3. The van der Waals surface area contributed by atoms with Crippen molar-refractivity contribution in [1.82, 2.24) is 9.55 Å². The van der Waals surface area contributed by atoms with Crippen molar-refractivity contribution in [2.75, 3.05) is 24.6 Å². The monoisotopic (exact) mass is 292 g/mol. The SMILES string of the molecule is Cc1cn(C2CCCCC2)c(N2CCOC(C(C)N)C2)n1. The van der Waals surface area contributed by atoms with Gasteiger partial charge >= 0.3 is 0 Å². The summed E-state index contributed by atoms with van der Waals surface area (Å²) < 4.78 is 8.19. The maximum atomic E-state index is 6.01. The molecule has 2 N–H and O–H groups in total. The molecule has 2 atom stereocenters. The molecule has 2 aliphatic rings. The summed E-state index contributed by atoms with van der Waals surface area (Å²) in [5.74, 6) is 1.12. The van der Waals surface area contributed by atoms with Gasteiger partial charge in [0.1, 0.15) is 0 Å². The van der Waals surface area contributed by atoms with E-state index in [1.165, 1.54) is 32.1 Å². The summed E-state index contributed by atoms with van der Waals surface area (Å²) in [4.78, 5) is 7.16. The number of hydrogen-bond donors (Lipinski definition) is 1. The van der Waals surface area contributed by atoms with E-state index in [4.69, 9.17) is 15.5 Å². The molecule has 0 amide bonds. The number of nitrogens with two attached hydrogens (primary N) is 1. The molecule has 0 radical (unpaired) electrons. The second-order valence-corrected chi connectivity index (χ2v) is 6.60. The number of hydrogen-bond acceptors (Lipinski definition) is 4. The van der Waals surface area contributed by atoms with E-state index in [0.29, 0.717) is 6.04 Å². The lowest BCUT2D eigenvalue weighted by Gasteiger charge is -2.36. The van der Waals surface area contributed by atoms with Crippen LogP contribution in [0.3, 0.4) is 0 Å². The quantitative estimate of drug-likeness (QED) is 0.928. The molecule has 0 spiro atoms. The number of aromatic nitrogens is 2. The van der Waals surface area contributed by atoms with Crippen molar-refractivity contribution >= 4 is 5.95 Å². The first-order chi connectivity index (χ1) is 10.1. The van der Waals surface area contributed by atoms with E-state index in [0.717, 1.165) is 31.3 Å². The van der Waals surface area contributed by atoms with E-state index >= 15 is 0 Å². The van der Waals surface area contributed by atoms with Crippen LogP contribution in [0.15, 0.2) is 6.20 Å². The zero-order valence-corrected chi connectivity index (χ0v) is 13.3. The van der Waals surface area contributed by atoms with Crippen molar-refractivity contribution in [3.63, 3.8) is 0 Å². The highest BCUT2D eigenvalue weighted by Crippen LogP contribution is 2.32. The molecule has 2 unspecified atom stereocenters. The predicted molar refractivity (Wildman–Crippen MR) is 84.7 cm³/mol. The summed E-state index contributed by atoms with van der Waals surface area (Å²) in [6.45, 7) is 6.61. The van der Waals surface area contributed by atoms with Crippen LogP contribution in [0.5, 0.6) is 0 Å². The lowest BCUT2D eigenvalue weighted by atomic mass is 9.95. The third kappa shape index (κ3) is 3.24. The molecule has 1 saturated carbocycles. The van der Waals surface area contributed by atoms with Gasteiger partial charge in [-0.1, -0.05) is 19.3 Å². The van der Waals surface area contributed by atoms with E-state index in [-0.39, 0.29) is 12.1 Å². The summed E-state index contributed by atoms with van der Waals surface area (Å²) in [5.41, 5.74) is 7.13. The second-order valence-electron chi connectivity index (χ2n) is 6.60. The van der Waals surface area contributed by atoms with Crippen LogP contribution in [0.1, 0.15) is 50.8 Å². The average molecular weight is 292 g/mol. The minimum absolute atomic E-state index is 0.0620. The minimum Gasteiger partial charge on any atom is -0.373 e. The van der Waals surface area contributed by atoms with Gasteiger partial charge in [-0.25, -0.2) is 4.98 Å². The Hall–Kier alpha value is -1.07. The highest BCUT2D eigenvalue weighted by molar-refractivity contribution is 5.35. The summed E-state index contributed by atoms with van der Waals surface area (Å²) >= 11 is 0. The van der Waals surface area contributed by atoms with Crippen molar-refractivity contribution in [1.29, 1.82) is 0 Å². The number of rotatable bonds is 3. The Balaban J connectivity index is 1.80. The normalized spacial score (nSPS) is 26.0. The molecule has 1 aliphatic carbocycles. The first-order valence-corrected chi connectivity index (χ1v) is 8.33. The molecule has 2 fully saturated rings. The number of ether oxygens (including phenoxy) is 1. The van der Waals surface area contributed by atoms with E-state index in [1.807, 2.05) is 6.92 Å². The van der Waals surface area contributed by atoms with Crippen molar-refractivity contribution in [3.8, 4) is 0 Å². The Morgan fingerprint density at radius 3 is 2.81 bits per heavy atom. The summed E-state index contributed by atoms with van der Waals surface area (Å²) in [7, 11) is 0. The fraction of sp³-hybridized carbons (Fsp3) is 0.812. The third-order valence-electron chi connectivity index (χ3n) is 4.76. The summed E-state index contributed by atoms with van der Waals surface area (Å²) in [6, 6.07) is 0.679. The molecule has 0 bridgehead atoms. The first-order valence-electron chi connectivity index (χ1n) is 8.33. The van der Waals surface area contributed by atoms with Gasteiger partial charge in [0, 0.05) is 31.4 Å². The largest absolute Gasteiger partial charge is 0.373 e. The van der Waals surface area contributed by atoms with E-state index in [2.05, 4.69) is 22.6 Å². The molecule has 1 aromatic heterocycles. The van der Waals surface area contributed by atoms with Gasteiger partial charge in [-0.3, -0.25) is 0 Å². The Morgan fingerprint density at radius 1 is 1.33 bits per heavy atom. The lowest BCUT2D eigenvalue weighted by Crippen LogP contribution is -2.50. The maximum absolute atomic E-state index is 6.01. The molecule has 118 valence electrons. The predicted octanol–water partition coefficient (Wildman–Crippen LogP) is 2.25. The van der Waals surface area contributed by atoms with Crippen LogP contribution in [0, 0.1) is 6.92 Å². The molecule has 1 aromatic rings. The van der Waals surface area contributed by atoms with Crippen LogP contribution in [-0.4, -0.2) is 41.4 Å². The van der Waals surface area contributed by atoms with E-state index < -0.39 is 0 Å². The van der Waals surface area contributed by atoms with Crippen LogP contribution in [0.2, 0.25) is 0 Å². The van der Waals surface area contributed by atoms with Crippen molar-refractivity contribution in [3.05, 3.63) is 11.9 Å². The number of imidazole rings is 1. The van der Waals surface area contributed by atoms with Gasteiger partial charge in [0.25, 0.3) is 0 Å². The van der Waals surface area contributed by atoms with Gasteiger partial charge in [0.15, 0.2) is 0 Å². The first kappa shape index (κ1) is 14.9. The molecule has 0 aromatic carbocycles. The van der Waals surface area contributed by atoms with Crippen LogP contribution < -0.4 is 10.6 Å². The maximum Gasteiger partial charge on any atom is 0.206 e. The number of nitrogens with zero attached hydrogens (tertiary/aromatic N) is 3. The van der Waals surface area contributed by atoms with Crippen LogP contribution in [-0.2, 0) is 4.74 Å². The van der Waals surface area contributed by atoms with E-state index in [9.17, 15) is 0 Å². The molecular weight excluding hydrogens is 264 g/mol.